The Bertz CT molecular complexity index is 843. The van der Waals surface area contributed by atoms with Crippen molar-refractivity contribution in [2.45, 2.75) is 6.61 Å². The predicted molar refractivity (Wildman–Crippen MR) is 83.8 cm³/mol. The van der Waals surface area contributed by atoms with E-state index in [1.165, 1.54) is 48.5 Å². The Labute approximate surface area is 136 Å². The fourth-order valence-corrected chi connectivity index (χ4v) is 2.01. The summed E-state index contributed by atoms with van der Waals surface area (Å²) in [6.07, 6.45) is 0. The van der Waals surface area contributed by atoms with E-state index in [-0.39, 0.29) is 23.9 Å². The van der Waals surface area contributed by atoms with Gasteiger partial charge in [0.2, 0.25) is 0 Å². The maximum Gasteiger partial charge on any atom is 0.291 e. The molecule has 4 nitrogen and oxygen atoms in total. The Morgan fingerprint density at radius 1 is 1.00 bits per heavy atom. The number of amides is 1. The van der Waals surface area contributed by atoms with Crippen LogP contribution in [0.5, 0.6) is 5.75 Å². The molecule has 1 aromatic heterocycles. The second kappa shape index (κ2) is 6.95. The minimum atomic E-state index is -0.562. The van der Waals surface area contributed by atoms with Gasteiger partial charge in [-0.15, -0.1) is 0 Å². The summed E-state index contributed by atoms with van der Waals surface area (Å²) in [7, 11) is 0. The van der Waals surface area contributed by atoms with Crippen LogP contribution in [-0.2, 0) is 6.61 Å². The maximum absolute atomic E-state index is 13.5. The molecule has 0 saturated carbocycles. The summed E-state index contributed by atoms with van der Waals surface area (Å²) in [5.74, 6) is -0.517. The average Bonchev–Trinajstić information content (AvgIpc) is 3.06. The van der Waals surface area contributed by atoms with E-state index in [1.807, 2.05) is 0 Å². The van der Waals surface area contributed by atoms with Gasteiger partial charge in [-0.1, -0.05) is 12.1 Å². The smallest absolute Gasteiger partial charge is 0.291 e. The molecule has 1 N–H and O–H groups in total. The predicted octanol–water partition coefficient (Wildman–Crippen LogP) is 4.39. The molecule has 0 spiro atoms. The number of benzene rings is 2. The van der Waals surface area contributed by atoms with Crippen LogP contribution >= 0.6 is 0 Å². The van der Waals surface area contributed by atoms with Gasteiger partial charge < -0.3 is 14.5 Å². The molecular formula is C18H13F2NO3. The molecule has 0 atom stereocenters. The van der Waals surface area contributed by atoms with Crippen molar-refractivity contribution in [2.75, 3.05) is 5.32 Å². The molecule has 1 heterocycles. The summed E-state index contributed by atoms with van der Waals surface area (Å²) in [5.41, 5.74) is 0.0722. The third-order valence-electron chi connectivity index (χ3n) is 3.20. The molecule has 0 fully saturated rings. The molecule has 24 heavy (non-hydrogen) atoms. The van der Waals surface area contributed by atoms with Crippen molar-refractivity contribution in [3.05, 3.63) is 83.8 Å². The van der Waals surface area contributed by atoms with Crippen LogP contribution in [0.15, 0.2) is 65.1 Å². The summed E-state index contributed by atoms with van der Waals surface area (Å²) < 4.78 is 37.1. The van der Waals surface area contributed by atoms with Crippen LogP contribution in [0.2, 0.25) is 0 Å². The molecule has 0 aliphatic rings. The Morgan fingerprint density at radius 2 is 1.75 bits per heavy atom. The van der Waals surface area contributed by atoms with Crippen molar-refractivity contribution in [2.24, 2.45) is 0 Å². The molecule has 0 aliphatic heterocycles. The topological polar surface area (TPSA) is 51.5 Å². The molecule has 0 radical (unpaired) electrons. The van der Waals surface area contributed by atoms with Crippen molar-refractivity contribution in [1.29, 1.82) is 0 Å². The van der Waals surface area contributed by atoms with Crippen LogP contribution in [0.1, 0.15) is 16.3 Å². The molecule has 0 aliphatic carbocycles. The van der Waals surface area contributed by atoms with Crippen LogP contribution in [0, 0.1) is 11.6 Å². The Kier molecular flexibility index (Phi) is 4.56. The van der Waals surface area contributed by atoms with Crippen molar-refractivity contribution in [3.63, 3.8) is 0 Å². The molecular weight excluding hydrogens is 316 g/mol. The molecule has 2 aromatic carbocycles. The van der Waals surface area contributed by atoms with E-state index in [0.717, 1.165) is 0 Å². The number of ether oxygens (including phenoxy) is 1. The van der Waals surface area contributed by atoms with Crippen LogP contribution in [-0.4, -0.2) is 5.91 Å². The minimum Gasteiger partial charge on any atom is -0.486 e. The number of hydrogen-bond donors (Lipinski definition) is 1. The van der Waals surface area contributed by atoms with Gasteiger partial charge in [0.25, 0.3) is 5.91 Å². The molecule has 1 amide bonds. The van der Waals surface area contributed by atoms with E-state index < -0.39 is 11.7 Å². The fraction of sp³-hybridized carbons (Fsp3) is 0.0556. The zero-order chi connectivity index (χ0) is 16.9. The van der Waals surface area contributed by atoms with Crippen molar-refractivity contribution >= 4 is 11.6 Å². The SMILES string of the molecule is O=C(Nc1ccccc1F)c1ccc(COc2ccc(F)cc2)o1. The number of para-hydroxylation sites is 1. The first-order chi connectivity index (χ1) is 11.6. The lowest BCUT2D eigenvalue weighted by Gasteiger charge is -2.05. The van der Waals surface area contributed by atoms with Crippen LogP contribution in [0.4, 0.5) is 14.5 Å². The zero-order valence-corrected chi connectivity index (χ0v) is 12.5. The number of rotatable bonds is 5. The van der Waals surface area contributed by atoms with Gasteiger partial charge in [0.05, 0.1) is 5.69 Å². The Morgan fingerprint density at radius 3 is 2.50 bits per heavy atom. The van der Waals surface area contributed by atoms with Gasteiger partial charge in [-0.3, -0.25) is 4.79 Å². The third-order valence-corrected chi connectivity index (χ3v) is 3.20. The van der Waals surface area contributed by atoms with E-state index in [0.29, 0.717) is 11.5 Å². The fourth-order valence-electron chi connectivity index (χ4n) is 2.01. The molecule has 6 heteroatoms. The highest BCUT2D eigenvalue weighted by molar-refractivity contribution is 6.02. The van der Waals surface area contributed by atoms with Gasteiger partial charge in [0.15, 0.2) is 5.76 Å². The van der Waals surface area contributed by atoms with Crippen LogP contribution in [0.25, 0.3) is 0 Å². The number of furan rings is 1. The third kappa shape index (κ3) is 3.78. The lowest BCUT2D eigenvalue weighted by Crippen LogP contribution is -2.12. The van der Waals surface area contributed by atoms with Crippen molar-refractivity contribution in [1.82, 2.24) is 0 Å². The normalized spacial score (nSPS) is 10.4. The summed E-state index contributed by atoms with van der Waals surface area (Å²) >= 11 is 0. The molecule has 0 saturated heterocycles. The van der Waals surface area contributed by atoms with E-state index in [4.69, 9.17) is 9.15 Å². The van der Waals surface area contributed by atoms with Gasteiger partial charge in [-0.25, -0.2) is 8.78 Å². The van der Waals surface area contributed by atoms with Gasteiger partial charge >= 0.3 is 0 Å². The summed E-state index contributed by atoms with van der Waals surface area (Å²) in [5, 5.41) is 2.43. The number of hydrogen-bond acceptors (Lipinski definition) is 3. The second-order valence-corrected chi connectivity index (χ2v) is 4.94. The first-order valence-corrected chi connectivity index (χ1v) is 7.15. The number of halogens is 2. The number of anilines is 1. The Hall–Kier alpha value is -3.15. The van der Waals surface area contributed by atoms with E-state index in [2.05, 4.69) is 5.32 Å². The number of carbonyl (C=O) groups is 1. The maximum atomic E-state index is 13.5. The molecule has 0 bridgehead atoms. The zero-order valence-electron chi connectivity index (χ0n) is 12.5. The first kappa shape index (κ1) is 15.7. The van der Waals surface area contributed by atoms with Crippen LogP contribution in [0.3, 0.4) is 0 Å². The standard InChI is InChI=1S/C18H13F2NO3/c19-12-5-7-13(8-6-12)23-11-14-9-10-17(24-14)18(22)21-16-4-2-1-3-15(16)20/h1-10H,11H2,(H,21,22). The van der Waals surface area contributed by atoms with E-state index >= 15 is 0 Å². The van der Waals surface area contributed by atoms with E-state index in [1.54, 1.807) is 12.1 Å². The van der Waals surface area contributed by atoms with E-state index in [9.17, 15) is 13.6 Å². The number of carbonyl (C=O) groups excluding carboxylic acids is 1. The highest BCUT2D eigenvalue weighted by Crippen LogP contribution is 2.17. The molecule has 3 rings (SSSR count). The molecule has 3 aromatic rings. The first-order valence-electron chi connectivity index (χ1n) is 7.15. The summed E-state index contributed by atoms with van der Waals surface area (Å²) in [4.78, 5) is 12.0. The quantitative estimate of drug-likeness (QED) is 0.755. The molecule has 0 unspecified atom stereocenters. The van der Waals surface area contributed by atoms with Crippen molar-refractivity contribution in [3.8, 4) is 5.75 Å². The van der Waals surface area contributed by atoms with Gasteiger partial charge in [-0.2, -0.15) is 0 Å². The lowest BCUT2D eigenvalue weighted by atomic mass is 10.3. The van der Waals surface area contributed by atoms with Crippen molar-refractivity contribution < 1.29 is 22.7 Å². The summed E-state index contributed by atoms with van der Waals surface area (Å²) in [6, 6.07) is 14.4. The average molecular weight is 329 g/mol. The highest BCUT2D eigenvalue weighted by atomic mass is 19.1. The monoisotopic (exact) mass is 329 g/mol. The lowest BCUT2D eigenvalue weighted by molar-refractivity contribution is 0.0992. The number of nitrogens with one attached hydrogen (secondary N) is 1. The highest BCUT2D eigenvalue weighted by Gasteiger charge is 2.13. The minimum absolute atomic E-state index is 0.0379. The molecule has 122 valence electrons. The van der Waals surface area contributed by atoms with Crippen LogP contribution < -0.4 is 10.1 Å². The van der Waals surface area contributed by atoms with Gasteiger partial charge in [0.1, 0.15) is 29.8 Å². The van der Waals surface area contributed by atoms with Gasteiger partial charge in [-0.05, 0) is 48.5 Å². The summed E-state index contributed by atoms with van der Waals surface area (Å²) in [6.45, 7) is 0.0820. The van der Waals surface area contributed by atoms with Gasteiger partial charge in [0, 0.05) is 0 Å². The Balaban J connectivity index is 1.61. The largest absolute Gasteiger partial charge is 0.486 e. The second-order valence-electron chi connectivity index (χ2n) is 4.94.